The van der Waals surface area contributed by atoms with Crippen LogP contribution in [0.3, 0.4) is 0 Å². The van der Waals surface area contributed by atoms with Crippen LogP contribution in [0.15, 0.2) is 30.3 Å². The molecule has 0 bridgehead atoms. The van der Waals surface area contributed by atoms with E-state index in [0.29, 0.717) is 17.7 Å². The third kappa shape index (κ3) is 4.10. The van der Waals surface area contributed by atoms with E-state index in [0.717, 1.165) is 0 Å². The van der Waals surface area contributed by atoms with Crippen LogP contribution in [0.5, 0.6) is 5.75 Å². The lowest BCUT2D eigenvalue weighted by molar-refractivity contribution is -0.116. The zero-order valence-electron chi connectivity index (χ0n) is 16.7. The summed E-state index contributed by atoms with van der Waals surface area (Å²) in [4.78, 5) is 11.6. The molecule has 162 valence electrons. The van der Waals surface area contributed by atoms with E-state index in [2.05, 4.69) is 11.4 Å². The number of hydrogen-bond acceptors (Lipinski definition) is 4. The normalized spacial score (nSPS) is 25.3. The van der Waals surface area contributed by atoms with Gasteiger partial charge in [-0.3, -0.25) is 4.79 Å². The Labute approximate surface area is 183 Å². The van der Waals surface area contributed by atoms with Gasteiger partial charge in [-0.25, -0.2) is 8.78 Å². The molecule has 8 heteroatoms. The second kappa shape index (κ2) is 8.10. The minimum atomic E-state index is -1.21. The molecule has 1 aliphatic heterocycles. The predicted octanol–water partition coefficient (Wildman–Crippen LogP) is 4.65. The maximum absolute atomic E-state index is 14.5. The van der Waals surface area contributed by atoms with Crippen LogP contribution < -0.4 is 10.1 Å². The number of nitrogens with zero attached hydrogens (tertiary/aromatic N) is 1. The summed E-state index contributed by atoms with van der Waals surface area (Å²) in [5.74, 6) is -0.909. The second-order valence-electron chi connectivity index (χ2n) is 8.28. The standard InChI is InChI=1S/C23H21ClF2N2O3/c24-14-1-3-16(18(26)11-14)22(12-27)7-9-23(30,10-8-22)13-31-19-5-4-17(25)21-15(19)2-6-20(29)28-21/h1,3-5,11,30H,2,6-10,13H2,(H,28,29). The Morgan fingerprint density at radius 2 is 1.87 bits per heavy atom. The smallest absolute Gasteiger partial charge is 0.224 e. The number of fused-ring (bicyclic) bond motifs is 1. The molecule has 0 spiro atoms. The lowest BCUT2D eigenvalue weighted by atomic mass is 9.66. The lowest BCUT2D eigenvalue weighted by Crippen LogP contribution is -2.45. The van der Waals surface area contributed by atoms with E-state index in [9.17, 15) is 23.9 Å². The molecule has 1 fully saturated rings. The van der Waals surface area contributed by atoms with E-state index < -0.39 is 22.7 Å². The number of aliphatic hydroxyl groups is 1. The third-order valence-corrected chi connectivity index (χ3v) is 6.51. The van der Waals surface area contributed by atoms with Gasteiger partial charge < -0.3 is 15.2 Å². The Hall–Kier alpha value is -2.69. The number of ether oxygens (including phenoxy) is 1. The number of anilines is 1. The van der Waals surface area contributed by atoms with Crippen LogP contribution in [0.1, 0.15) is 43.2 Å². The fraction of sp³-hybridized carbons (Fsp3) is 0.391. The molecule has 5 nitrogen and oxygen atoms in total. The molecule has 4 rings (SSSR count). The van der Waals surface area contributed by atoms with Gasteiger partial charge in [0.25, 0.3) is 0 Å². The summed E-state index contributed by atoms with van der Waals surface area (Å²) < 4.78 is 34.4. The molecule has 31 heavy (non-hydrogen) atoms. The molecule has 1 aliphatic carbocycles. The molecular formula is C23H21ClF2N2O3. The largest absolute Gasteiger partial charge is 0.490 e. The number of nitrogens with one attached hydrogen (secondary N) is 1. The number of amides is 1. The number of benzene rings is 2. The zero-order valence-corrected chi connectivity index (χ0v) is 17.4. The highest BCUT2D eigenvalue weighted by Gasteiger charge is 2.45. The topological polar surface area (TPSA) is 82.3 Å². The van der Waals surface area contributed by atoms with Crippen molar-refractivity contribution in [3.05, 3.63) is 58.1 Å². The van der Waals surface area contributed by atoms with Gasteiger partial charge in [0.1, 0.15) is 24.0 Å². The fourth-order valence-electron chi connectivity index (χ4n) is 4.38. The van der Waals surface area contributed by atoms with Crippen molar-refractivity contribution in [3.63, 3.8) is 0 Å². The van der Waals surface area contributed by atoms with Gasteiger partial charge in [-0.05, 0) is 56.4 Å². The molecule has 2 aromatic carbocycles. The first kappa shape index (κ1) is 21.5. The van der Waals surface area contributed by atoms with E-state index in [1.807, 2.05) is 0 Å². The first-order valence-corrected chi connectivity index (χ1v) is 10.5. The van der Waals surface area contributed by atoms with Crippen molar-refractivity contribution in [1.29, 1.82) is 5.26 Å². The average Bonchev–Trinajstić information content (AvgIpc) is 2.75. The molecule has 0 radical (unpaired) electrons. The van der Waals surface area contributed by atoms with Gasteiger partial charge in [0, 0.05) is 22.6 Å². The number of halogens is 3. The highest BCUT2D eigenvalue weighted by Crippen LogP contribution is 2.44. The molecule has 0 atom stereocenters. The molecule has 2 aliphatic rings. The molecule has 2 N–H and O–H groups in total. The van der Waals surface area contributed by atoms with Gasteiger partial charge in [0.05, 0.1) is 22.8 Å². The minimum Gasteiger partial charge on any atom is -0.490 e. The van der Waals surface area contributed by atoms with Gasteiger partial charge in [-0.2, -0.15) is 5.26 Å². The van der Waals surface area contributed by atoms with Crippen molar-refractivity contribution in [2.45, 2.75) is 49.5 Å². The van der Waals surface area contributed by atoms with Crippen molar-refractivity contribution >= 4 is 23.2 Å². The maximum Gasteiger partial charge on any atom is 0.224 e. The van der Waals surface area contributed by atoms with Gasteiger partial charge in [0.2, 0.25) is 5.91 Å². The third-order valence-electron chi connectivity index (χ3n) is 6.28. The van der Waals surface area contributed by atoms with Crippen LogP contribution in [0, 0.1) is 23.0 Å². The second-order valence-corrected chi connectivity index (χ2v) is 8.71. The SMILES string of the molecule is N#CC1(c2ccc(Cl)cc2F)CCC(O)(COc2ccc(F)c3c2CCC(=O)N3)CC1. The van der Waals surface area contributed by atoms with Crippen LogP contribution >= 0.6 is 11.6 Å². The Bertz CT molecular complexity index is 1080. The molecule has 0 unspecified atom stereocenters. The zero-order chi connectivity index (χ0) is 22.2. The Balaban J connectivity index is 1.48. The molecule has 2 aromatic rings. The highest BCUT2D eigenvalue weighted by atomic mass is 35.5. The molecular weight excluding hydrogens is 426 g/mol. The summed E-state index contributed by atoms with van der Waals surface area (Å²) in [6, 6.07) is 9.22. The average molecular weight is 447 g/mol. The molecule has 1 saturated carbocycles. The Kier molecular flexibility index (Phi) is 5.63. The summed E-state index contributed by atoms with van der Waals surface area (Å²) in [7, 11) is 0. The number of carbonyl (C=O) groups is 1. The molecule has 0 saturated heterocycles. The Morgan fingerprint density at radius 1 is 1.13 bits per heavy atom. The van der Waals surface area contributed by atoms with Crippen molar-refractivity contribution < 1.29 is 23.4 Å². The van der Waals surface area contributed by atoms with Crippen LogP contribution in [0.4, 0.5) is 14.5 Å². The van der Waals surface area contributed by atoms with E-state index in [1.165, 1.54) is 24.3 Å². The summed E-state index contributed by atoms with van der Waals surface area (Å²) in [6.45, 7) is -0.0520. The van der Waals surface area contributed by atoms with Crippen molar-refractivity contribution in [2.24, 2.45) is 0 Å². The van der Waals surface area contributed by atoms with Gasteiger partial charge in [-0.1, -0.05) is 17.7 Å². The quantitative estimate of drug-likeness (QED) is 0.716. The number of carbonyl (C=O) groups excluding carboxylic acids is 1. The Morgan fingerprint density at radius 3 is 2.55 bits per heavy atom. The minimum absolute atomic E-state index is 0.0520. The summed E-state index contributed by atoms with van der Waals surface area (Å²) >= 11 is 5.83. The van der Waals surface area contributed by atoms with Gasteiger partial charge in [-0.15, -0.1) is 0 Å². The van der Waals surface area contributed by atoms with Crippen molar-refractivity contribution in [3.8, 4) is 11.8 Å². The summed E-state index contributed by atoms with van der Waals surface area (Å²) in [5, 5.41) is 23.6. The van der Waals surface area contributed by atoms with Crippen LogP contribution in [0.2, 0.25) is 5.02 Å². The molecule has 1 amide bonds. The highest BCUT2D eigenvalue weighted by molar-refractivity contribution is 6.30. The van der Waals surface area contributed by atoms with Crippen LogP contribution in [-0.4, -0.2) is 23.2 Å². The van der Waals surface area contributed by atoms with E-state index >= 15 is 0 Å². The maximum atomic E-state index is 14.5. The van der Waals surface area contributed by atoms with E-state index in [-0.39, 0.29) is 60.9 Å². The van der Waals surface area contributed by atoms with E-state index in [1.54, 1.807) is 6.07 Å². The first-order chi connectivity index (χ1) is 14.8. The molecule has 0 aromatic heterocycles. The van der Waals surface area contributed by atoms with Crippen molar-refractivity contribution in [1.82, 2.24) is 0 Å². The van der Waals surface area contributed by atoms with Crippen molar-refractivity contribution in [2.75, 3.05) is 11.9 Å². The number of hydrogen-bond donors (Lipinski definition) is 2. The monoisotopic (exact) mass is 446 g/mol. The summed E-state index contributed by atoms with van der Waals surface area (Å²) in [6.07, 6.45) is 1.58. The predicted molar refractivity (Wildman–Crippen MR) is 111 cm³/mol. The molecule has 1 heterocycles. The van der Waals surface area contributed by atoms with Gasteiger partial charge in [0.15, 0.2) is 0 Å². The lowest BCUT2D eigenvalue weighted by Gasteiger charge is -2.40. The van der Waals surface area contributed by atoms with Gasteiger partial charge >= 0.3 is 0 Å². The number of nitriles is 1. The van der Waals surface area contributed by atoms with Crippen LogP contribution in [0.25, 0.3) is 0 Å². The van der Waals surface area contributed by atoms with Crippen LogP contribution in [-0.2, 0) is 16.6 Å². The number of rotatable bonds is 4. The fourth-order valence-corrected chi connectivity index (χ4v) is 4.54. The first-order valence-electron chi connectivity index (χ1n) is 10.1. The van der Waals surface area contributed by atoms with E-state index in [4.69, 9.17) is 16.3 Å². The summed E-state index contributed by atoms with van der Waals surface area (Å²) in [5.41, 5.74) is -1.28.